The molecule has 43 heavy (non-hydrogen) atoms. The molecule has 0 fully saturated rings. The first-order chi connectivity index (χ1) is 21.1. The van der Waals surface area contributed by atoms with Crippen LogP contribution in [0.15, 0.2) is 95.3 Å². The maximum Gasteiger partial charge on any atom is 0.109 e. The highest BCUT2D eigenvalue weighted by atomic mass is 28.3. The van der Waals surface area contributed by atoms with Gasteiger partial charge in [-0.15, -0.1) is 0 Å². The van der Waals surface area contributed by atoms with Gasteiger partial charge in [0.15, 0.2) is 0 Å². The first-order valence-corrected chi connectivity index (χ1v) is 19.2. The minimum atomic E-state index is -1.95. The zero-order chi connectivity index (χ0) is 29.8. The molecule has 0 bridgehead atoms. The second kappa shape index (κ2) is 13.1. The summed E-state index contributed by atoms with van der Waals surface area (Å²) in [4.78, 5) is 0. The molecule has 0 saturated carbocycles. The molecule has 0 nitrogen and oxygen atoms in total. The van der Waals surface area contributed by atoms with E-state index in [1.165, 1.54) is 106 Å². The van der Waals surface area contributed by atoms with Gasteiger partial charge >= 0.3 is 0 Å². The summed E-state index contributed by atoms with van der Waals surface area (Å²) in [5.41, 5.74) is 14.4. The lowest BCUT2D eigenvalue weighted by molar-refractivity contribution is 0.739. The largest absolute Gasteiger partial charge is 0.109 e. The molecule has 0 spiro atoms. The summed E-state index contributed by atoms with van der Waals surface area (Å²) in [6.45, 7) is 9.24. The van der Waals surface area contributed by atoms with E-state index in [4.69, 9.17) is 0 Å². The number of hydrogen-bond donors (Lipinski definition) is 0. The van der Waals surface area contributed by atoms with Crippen molar-refractivity contribution in [2.75, 3.05) is 0 Å². The average molecular weight is 581 g/mol. The molecular formula is C42H48Si. The SMILES string of the molecule is CCCCC[Si](CCCCC)(C1=Cc2c(cccc2-c2ccccc2C)C1)C1=Cc2c(cccc2-c2ccccc2C)C1. The third kappa shape index (κ3) is 5.77. The van der Waals surface area contributed by atoms with E-state index < -0.39 is 8.07 Å². The average Bonchev–Trinajstić information content (AvgIpc) is 3.67. The summed E-state index contributed by atoms with van der Waals surface area (Å²) in [6, 6.07) is 34.8. The van der Waals surface area contributed by atoms with E-state index in [2.05, 4.69) is 125 Å². The van der Waals surface area contributed by atoms with E-state index in [1.54, 1.807) is 10.4 Å². The van der Waals surface area contributed by atoms with Gasteiger partial charge in [0, 0.05) is 0 Å². The Labute approximate surface area is 261 Å². The van der Waals surface area contributed by atoms with Gasteiger partial charge in [-0.3, -0.25) is 0 Å². The highest BCUT2D eigenvalue weighted by Gasteiger charge is 2.43. The Bertz CT molecular complexity index is 1540. The van der Waals surface area contributed by atoms with Crippen molar-refractivity contribution in [2.24, 2.45) is 0 Å². The Morgan fingerprint density at radius 1 is 0.488 bits per heavy atom. The van der Waals surface area contributed by atoms with Gasteiger partial charge in [-0.2, -0.15) is 0 Å². The van der Waals surface area contributed by atoms with Crippen LogP contribution in [0.25, 0.3) is 34.4 Å². The van der Waals surface area contributed by atoms with Crippen LogP contribution in [0.2, 0.25) is 12.1 Å². The lowest BCUT2D eigenvalue weighted by Crippen LogP contribution is -2.40. The van der Waals surface area contributed by atoms with Crippen molar-refractivity contribution in [1.82, 2.24) is 0 Å². The van der Waals surface area contributed by atoms with Crippen LogP contribution in [0, 0.1) is 13.8 Å². The Morgan fingerprint density at radius 3 is 1.33 bits per heavy atom. The Hall–Kier alpha value is -3.42. The first kappa shape index (κ1) is 29.6. The van der Waals surface area contributed by atoms with Crippen LogP contribution < -0.4 is 0 Å². The summed E-state index contributed by atoms with van der Waals surface area (Å²) in [5, 5.41) is 3.60. The molecule has 220 valence electrons. The molecule has 0 unspecified atom stereocenters. The van der Waals surface area contributed by atoms with Gasteiger partial charge in [0.05, 0.1) is 0 Å². The smallest absolute Gasteiger partial charge is 0.0709 e. The first-order valence-electron chi connectivity index (χ1n) is 16.8. The third-order valence-electron chi connectivity index (χ3n) is 10.3. The zero-order valence-electron chi connectivity index (χ0n) is 26.8. The van der Waals surface area contributed by atoms with E-state index in [0.29, 0.717) is 0 Å². The van der Waals surface area contributed by atoms with Crippen LogP contribution in [0.5, 0.6) is 0 Å². The third-order valence-corrected chi connectivity index (χ3v) is 15.8. The lowest BCUT2D eigenvalue weighted by Gasteiger charge is -2.36. The lowest BCUT2D eigenvalue weighted by atomic mass is 9.94. The molecule has 2 aliphatic carbocycles. The number of aryl methyl sites for hydroxylation is 2. The van der Waals surface area contributed by atoms with Gasteiger partial charge in [0.1, 0.15) is 8.07 Å². The molecule has 2 aliphatic rings. The number of unbranched alkanes of at least 4 members (excludes halogenated alkanes) is 4. The highest BCUT2D eigenvalue weighted by Crippen LogP contribution is 2.48. The van der Waals surface area contributed by atoms with Crippen LogP contribution in [-0.2, 0) is 12.8 Å². The summed E-state index contributed by atoms with van der Waals surface area (Å²) in [6.07, 6.45) is 15.6. The van der Waals surface area contributed by atoms with Crippen LogP contribution >= 0.6 is 0 Å². The highest BCUT2D eigenvalue weighted by molar-refractivity contribution is 6.94. The molecule has 0 amide bonds. The summed E-state index contributed by atoms with van der Waals surface area (Å²) in [5.74, 6) is 0. The van der Waals surface area contributed by atoms with E-state index in [1.807, 2.05) is 0 Å². The number of benzene rings is 4. The molecule has 0 aromatic heterocycles. The predicted octanol–water partition coefficient (Wildman–Crippen LogP) is 12.1. The van der Waals surface area contributed by atoms with Crippen molar-refractivity contribution in [3.05, 3.63) is 129 Å². The maximum atomic E-state index is 2.70. The quantitative estimate of drug-likeness (QED) is 0.115. The van der Waals surface area contributed by atoms with Crippen molar-refractivity contribution < 1.29 is 0 Å². The topological polar surface area (TPSA) is 0 Å². The van der Waals surface area contributed by atoms with E-state index in [0.717, 1.165) is 12.8 Å². The van der Waals surface area contributed by atoms with Gasteiger partial charge in [-0.25, -0.2) is 0 Å². The van der Waals surface area contributed by atoms with Crippen molar-refractivity contribution in [1.29, 1.82) is 0 Å². The summed E-state index contributed by atoms with van der Waals surface area (Å²) >= 11 is 0. The zero-order valence-corrected chi connectivity index (χ0v) is 27.8. The van der Waals surface area contributed by atoms with Crippen molar-refractivity contribution >= 4 is 20.2 Å². The van der Waals surface area contributed by atoms with Crippen molar-refractivity contribution in [3.8, 4) is 22.3 Å². The maximum absolute atomic E-state index is 2.70. The van der Waals surface area contributed by atoms with Crippen molar-refractivity contribution in [2.45, 2.75) is 91.1 Å². The van der Waals surface area contributed by atoms with E-state index >= 15 is 0 Å². The molecule has 0 saturated heterocycles. The van der Waals surface area contributed by atoms with E-state index in [-0.39, 0.29) is 0 Å². The number of allylic oxidation sites excluding steroid dienone is 2. The normalized spacial score (nSPS) is 14.0. The molecular weight excluding hydrogens is 533 g/mol. The molecule has 0 aliphatic heterocycles. The Kier molecular flexibility index (Phi) is 9.00. The van der Waals surface area contributed by atoms with Crippen LogP contribution in [0.4, 0.5) is 0 Å². The van der Waals surface area contributed by atoms with Crippen LogP contribution in [0.1, 0.15) is 85.8 Å². The fourth-order valence-electron chi connectivity index (χ4n) is 7.90. The molecule has 0 atom stereocenters. The Morgan fingerprint density at radius 2 is 0.907 bits per heavy atom. The fourth-order valence-corrected chi connectivity index (χ4v) is 13.5. The number of rotatable bonds is 12. The summed E-state index contributed by atoms with van der Waals surface area (Å²) in [7, 11) is -1.95. The standard InChI is InChI=1S/C42H48Si/c1-5-7-13-25-43(26-14-8-6-2,35-27-33-19-15-23-39(41(33)29-35)37-21-11-9-17-31(37)3)36-28-34-20-16-24-40(42(34)30-36)38-22-12-10-18-32(38)4/h9-12,15-24,29-30H,5-8,13-14,25-28H2,1-4H3. The predicted molar refractivity (Wildman–Crippen MR) is 191 cm³/mol. The molecule has 0 N–H and O–H groups in total. The van der Waals surface area contributed by atoms with Gasteiger partial charge < -0.3 is 0 Å². The van der Waals surface area contributed by atoms with Crippen LogP contribution in [0.3, 0.4) is 0 Å². The van der Waals surface area contributed by atoms with Gasteiger partial charge in [0.2, 0.25) is 0 Å². The molecule has 0 radical (unpaired) electrons. The second-order valence-electron chi connectivity index (χ2n) is 13.1. The molecule has 6 rings (SSSR count). The Balaban J connectivity index is 1.49. The second-order valence-corrected chi connectivity index (χ2v) is 17.5. The van der Waals surface area contributed by atoms with Gasteiger partial charge in [-0.05, 0) is 94.4 Å². The van der Waals surface area contributed by atoms with Gasteiger partial charge in [-0.1, -0.05) is 160 Å². The molecule has 0 heterocycles. The monoisotopic (exact) mass is 580 g/mol. The molecule has 4 aromatic rings. The fraction of sp³-hybridized carbons (Fsp3) is 0.333. The minimum Gasteiger partial charge on any atom is -0.0709 e. The number of fused-ring (bicyclic) bond motifs is 2. The molecule has 4 aromatic carbocycles. The minimum absolute atomic E-state index is 1.14. The summed E-state index contributed by atoms with van der Waals surface area (Å²) < 4.78 is 0. The molecule has 1 heteroatoms. The van der Waals surface area contributed by atoms with E-state index in [9.17, 15) is 0 Å². The van der Waals surface area contributed by atoms with Crippen molar-refractivity contribution in [3.63, 3.8) is 0 Å². The van der Waals surface area contributed by atoms with Crippen LogP contribution in [-0.4, -0.2) is 8.07 Å². The van der Waals surface area contributed by atoms with Gasteiger partial charge in [0.25, 0.3) is 0 Å². The number of hydrogen-bond acceptors (Lipinski definition) is 0.